The average molecular weight is 265 g/mol. The molecule has 18 heavy (non-hydrogen) atoms. The lowest BCUT2D eigenvalue weighted by atomic mass is 10.2. The Labute approximate surface area is 107 Å². The number of aromatic nitrogens is 2. The van der Waals surface area contributed by atoms with Gasteiger partial charge in [-0.15, -0.1) is 5.10 Å². The summed E-state index contributed by atoms with van der Waals surface area (Å²) in [5.41, 5.74) is 11.9. The first-order chi connectivity index (χ1) is 8.68. The first-order valence-corrected chi connectivity index (χ1v) is 5.25. The van der Waals surface area contributed by atoms with Crippen LogP contribution in [0.3, 0.4) is 0 Å². The SMILES string of the molecule is NC(=N/N=C/c1ccccc1Cl)c1nonc1N. The summed E-state index contributed by atoms with van der Waals surface area (Å²) in [5, 5.41) is 14.9. The van der Waals surface area contributed by atoms with Crippen LogP contribution in [0.15, 0.2) is 39.1 Å². The molecule has 1 aromatic heterocycles. The second kappa shape index (κ2) is 5.28. The van der Waals surface area contributed by atoms with Crippen LogP contribution in [-0.4, -0.2) is 22.4 Å². The first-order valence-electron chi connectivity index (χ1n) is 4.88. The smallest absolute Gasteiger partial charge is 0.199 e. The number of nitrogens with two attached hydrogens (primary N) is 2. The lowest BCUT2D eigenvalue weighted by Gasteiger charge is -1.94. The molecule has 0 spiro atoms. The molecule has 2 aromatic rings. The highest BCUT2D eigenvalue weighted by Crippen LogP contribution is 2.12. The number of hydrogen-bond donors (Lipinski definition) is 2. The molecule has 92 valence electrons. The third kappa shape index (κ3) is 2.64. The van der Waals surface area contributed by atoms with Gasteiger partial charge in [0.1, 0.15) is 0 Å². The monoisotopic (exact) mass is 264 g/mol. The van der Waals surface area contributed by atoms with Crippen LogP contribution in [0, 0.1) is 0 Å². The highest BCUT2D eigenvalue weighted by Gasteiger charge is 2.09. The summed E-state index contributed by atoms with van der Waals surface area (Å²) < 4.78 is 4.39. The summed E-state index contributed by atoms with van der Waals surface area (Å²) in [6, 6.07) is 7.19. The molecule has 0 radical (unpaired) electrons. The van der Waals surface area contributed by atoms with Gasteiger partial charge in [-0.25, -0.2) is 4.63 Å². The molecule has 0 saturated carbocycles. The number of halogens is 1. The second-order valence-corrected chi connectivity index (χ2v) is 3.66. The quantitative estimate of drug-likeness (QED) is 0.488. The molecule has 0 atom stereocenters. The normalized spacial score (nSPS) is 12.2. The van der Waals surface area contributed by atoms with Crippen LogP contribution in [0.1, 0.15) is 11.3 Å². The molecule has 0 saturated heterocycles. The number of benzene rings is 1. The molecular weight excluding hydrogens is 256 g/mol. The molecule has 8 heteroatoms. The van der Waals surface area contributed by atoms with Crippen molar-refractivity contribution in [2.75, 3.05) is 5.73 Å². The van der Waals surface area contributed by atoms with Crippen LogP contribution in [-0.2, 0) is 0 Å². The minimum absolute atomic E-state index is 0.0112. The van der Waals surface area contributed by atoms with E-state index in [0.29, 0.717) is 5.02 Å². The van der Waals surface area contributed by atoms with E-state index in [4.69, 9.17) is 23.1 Å². The van der Waals surface area contributed by atoms with E-state index in [1.807, 2.05) is 12.1 Å². The maximum atomic E-state index is 5.94. The van der Waals surface area contributed by atoms with E-state index in [1.165, 1.54) is 6.21 Å². The predicted octanol–water partition coefficient (Wildman–Crippen LogP) is 1.04. The standard InChI is InChI=1S/C10H9ClN6O/c11-7-4-2-1-3-6(7)5-14-15-9(12)8-10(13)17-18-16-8/h1-5H,(H2,12,15)(H2,13,17)/b14-5+. The van der Waals surface area contributed by atoms with Crippen molar-refractivity contribution < 1.29 is 4.63 Å². The molecule has 0 bridgehead atoms. The van der Waals surface area contributed by atoms with E-state index in [2.05, 4.69) is 25.1 Å². The largest absolute Gasteiger partial charge is 0.380 e. The zero-order chi connectivity index (χ0) is 13.0. The van der Waals surface area contributed by atoms with Crippen molar-refractivity contribution >= 4 is 29.5 Å². The molecule has 0 fully saturated rings. The maximum Gasteiger partial charge on any atom is 0.199 e. The van der Waals surface area contributed by atoms with Crippen molar-refractivity contribution in [1.29, 1.82) is 0 Å². The Bertz CT molecular complexity index is 606. The Morgan fingerprint density at radius 3 is 2.78 bits per heavy atom. The molecule has 1 aromatic carbocycles. The number of amidine groups is 1. The summed E-state index contributed by atoms with van der Waals surface area (Å²) in [5.74, 6) is 0.0706. The lowest BCUT2D eigenvalue weighted by molar-refractivity contribution is 0.308. The zero-order valence-electron chi connectivity index (χ0n) is 9.12. The van der Waals surface area contributed by atoms with Crippen LogP contribution < -0.4 is 11.5 Å². The maximum absolute atomic E-state index is 5.94. The third-order valence-electron chi connectivity index (χ3n) is 2.02. The molecule has 0 aliphatic heterocycles. The molecule has 0 aliphatic carbocycles. The molecule has 0 unspecified atom stereocenters. The average Bonchev–Trinajstić information content (AvgIpc) is 2.78. The Morgan fingerprint density at radius 1 is 1.33 bits per heavy atom. The summed E-state index contributed by atoms with van der Waals surface area (Å²) in [6.07, 6.45) is 1.47. The third-order valence-corrected chi connectivity index (χ3v) is 2.37. The van der Waals surface area contributed by atoms with Gasteiger partial charge in [-0.2, -0.15) is 5.10 Å². The molecule has 7 nitrogen and oxygen atoms in total. The van der Waals surface area contributed by atoms with Gasteiger partial charge in [-0.3, -0.25) is 0 Å². The van der Waals surface area contributed by atoms with Crippen LogP contribution >= 0.6 is 11.6 Å². The van der Waals surface area contributed by atoms with Gasteiger partial charge < -0.3 is 11.5 Å². The summed E-state index contributed by atoms with van der Waals surface area (Å²) >= 11 is 5.94. The predicted molar refractivity (Wildman–Crippen MR) is 68.5 cm³/mol. The minimum atomic E-state index is 0.0112. The van der Waals surface area contributed by atoms with Crippen LogP contribution in [0.2, 0.25) is 5.02 Å². The molecule has 0 aliphatic rings. The van der Waals surface area contributed by atoms with Crippen LogP contribution in [0.5, 0.6) is 0 Å². The van der Waals surface area contributed by atoms with Gasteiger partial charge >= 0.3 is 0 Å². The van der Waals surface area contributed by atoms with E-state index in [-0.39, 0.29) is 17.3 Å². The first kappa shape index (κ1) is 12.1. The highest BCUT2D eigenvalue weighted by molar-refractivity contribution is 6.33. The van der Waals surface area contributed by atoms with Crippen molar-refractivity contribution in [3.05, 3.63) is 40.5 Å². The molecule has 4 N–H and O–H groups in total. The van der Waals surface area contributed by atoms with E-state index in [1.54, 1.807) is 12.1 Å². The van der Waals surface area contributed by atoms with Crippen LogP contribution in [0.4, 0.5) is 5.82 Å². The number of hydrogen-bond acceptors (Lipinski definition) is 6. The topological polar surface area (TPSA) is 116 Å². The van der Waals surface area contributed by atoms with Gasteiger partial charge in [-0.05, 0) is 16.4 Å². The molecular formula is C10H9ClN6O. The van der Waals surface area contributed by atoms with Crippen molar-refractivity contribution in [3.63, 3.8) is 0 Å². The fourth-order valence-corrected chi connectivity index (χ4v) is 1.34. The van der Waals surface area contributed by atoms with Crippen molar-refractivity contribution in [3.8, 4) is 0 Å². The van der Waals surface area contributed by atoms with Gasteiger partial charge in [0.25, 0.3) is 0 Å². The fraction of sp³-hybridized carbons (Fsp3) is 0. The van der Waals surface area contributed by atoms with Gasteiger partial charge in [0.15, 0.2) is 17.3 Å². The number of nitrogen functional groups attached to an aromatic ring is 1. The Balaban J connectivity index is 2.16. The van der Waals surface area contributed by atoms with Crippen molar-refractivity contribution in [2.24, 2.45) is 15.9 Å². The summed E-state index contributed by atoms with van der Waals surface area (Å²) in [6.45, 7) is 0. The minimum Gasteiger partial charge on any atom is -0.380 e. The molecule has 2 rings (SSSR count). The van der Waals surface area contributed by atoms with Crippen LogP contribution in [0.25, 0.3) is 0 Å². The number of rotatable bonds is 3. The number of nitrogens with zero attached hydrogens (tertiary/aromatic N) is 4. The number of anilines is 1. The Hall–Kier alpha value is -2.41. The van der Waals surface area contributed by atoms with Gasteiger partial charge in [0.05, 0.1) is 6.21 Å². The molecule has 0 amide bonds. The van der Waals surface area contributed by atoms with E-state index in [9.17, 15) is 0 Å². The second-order valence-electron chi connectivity index (χ2n) is 3.25. The van der Waals surface area contributed by atoms with Gasteiger partial charge in [0, 0.05) is 10.6 Å². The van der Waals surface area contributed by atoms with Crippen molar-refractivity contribution in [2.45, 2.75) is 0 Å². The lowest BCUT2D eigenvalue weighted by Crippen LogP contribution is -2.15. The van der Waals surface area contributed by atoms with E-state index in [0.717, 1.165) is 5.56 Å². The summed E-state index contributed by atoms with van der Waals surface area (Å²) in [4.78, 5) is 0. The Morgan fingerprint density at radius 2 is 2.11 bits per heavy atom. The zero-order valence-corrected chi connectivity index (χ0v) is 9.87. The Kier molecular flexibility index (Phi) is 3.54. The highest BCUT2D eigenvalue weighted by atomic mass is 35.5. The van der Waals surface area contributed by atoms with Crippen molar-refractivity contribution in [1.82, 2.24) is 10.3 Å². The van der Waals surface area contributed by atoms with Gasteiger partial charge in [-0.1, -0.05) is 29.8 Å². The fourth-order valence-electron chi connectivity index (χ4n) is 1.15. The van der Waals surface area contributed by atoms with E-state index >= 15 is 0 Å². The molecule has 1 heterocycles. The van der Waals surface area contributed by atoms with E-state index < -0.39 is 0 Å². The van der Waals surface area contributed by atoms with Gasteiger partial charge in [0.2, 0.25) is 0 Å². The summed E-state index contributed by atoms with van der Waals surface area (Å²) in [7, 11) is 0.